The molecule has 0 unspecified atom stereocenters. The summed E-state index contributed by atoms with van der Waals surface area (Å²) >= 11 is 3.33. The lowest BCUT2D eigenvalue weighted by molar-refractivity contribution is -0.140. The summed E-state index contributed by atoms with van der Waals surface area (Å²) < 4.78 is 9.01. The van der Waals surface area contributed by atoms with Crippen LogP contribution in [0.4, 0.5) is 0 Å². The minimum Gasteiger partial charge on any atom is -0.469 e. The quantitative estimate of drug-likeness (QED) is 0.371. The summed E-state index contributed by atoms with van der Waals surface area (Å²) in [4.78, 5) is 21.5. The van der Waals surface area contributed by atoms with Crippen LogP contribution in [0, 0.1) is 0 Å². The molecular formula is C9H16O4S2. The van der Waals surface area contributed by atoms with E-state index >= 15 is 0 Å². The molecule has 0 saturated heterocycles. The number of esters is 2. The Balaban J connectivity index is 3.11. The smallest absolute Gasteiger partial charge is 0.306 e. The van der Waals surface area contributed by atoms with Gasteiger partial charge in [-0.1, -0.05) is 0 Å². The summed E-state index contributed by atoms with van der Waals surface area (Å²) in [7, 11) is 2.77. The molecule has 0 aromatic heterocycles. The van der Waals surface area contributed by atoms with E-state index in [4.69, 9.17) is 0 Å². The van der Waals surface area contributed by atoms with Crippen molar-refractivity contribution in [3.63, 3.8) is 0 Å². The highest BCUT2D eigenvalue weighted by Gasteiger charge is 2.01. The van der Waals surface area contributed by atoms with Gasteiger partial charge in [-0.2, -0.15) is 23.5 Å². The maximum atomic E-state index is 10.7. The number of hydrogen-bond acceptors (Lipinski definition) is 6. The molecule has 4 nitrogen and oxygen atoms in total. The zero-order valence-electron chi connectivity index (χ0n) is 8.99. The summed E-state index contributed by atoms with van der Waals surface area (Å²) in [5, 5.41) is 0.883. The van der Waals surface area contributed by atoms with Crippen LogP contribution < -0.4 is 0 Å². The lowest BCUT2D eigenvalue weighted by Gasteiger charge is -2.01. The molecule has 0 aliphatic rings. The van der Waals surface area contributed by atoms with E-state index in [2.05, 4.69) is 9.47 Å². The fourth-order valence-corrected chi connectivity index (χ4v) is 2.73. The van der Waals surface area contributed by atoms with Gasteiger partial charge in [0, 0.05) is 16.6 Å². The first-order valence-corrected chi connectivity index (χ1v) is 6.80. The Morgan fingerprint density at radius 1 is 0.933 bits per heavy atom. The molecule has 0 aliphatic carbocycles. The van der Waals surface area contributed by atoms with Crippen LogP contribution in [0.2, 0.25) is 0 Å². The highest BCUT2D eigenvalue weighted by atomic mass is 32.2. The van der Waals surface area contributed by atoms with Crippen LogP contribution in [0.15, 0.2) is 0 Å². The molecule has 6 heteroatoms. The van der Waals surface area contributed by atoms with Gasteiger partial charge in [0.05, 0.1) is 27.1 Å². The van der Waals surface area contributed by atoms with E-state index in [-0.39, 0.29) is 11.9 Å². The fraction of sp³-hybridized carbons (Fsp3) is 0.778. The third kappa shape index (κ3) is 9.93. The summed E-state index contributed by atoms with van der Waals surface area (Å²) in [5.74, 6) is 1.17. The van der Waals surface area contributed by atoms with E-state index in [1.54, 1.807) is 23.5 Å². The van der Waals surface area contributed by atoms with E-state index in [1.807, 2.05) is 0 Å². The molecule has 0 spiro atoms. The Bertz CT molecular complexity index is 177. The molecule has 0 bridgehead atoms. The van der Waals surface area contributed by atoms with E-state index < -0.39 is 0 Å². The van der Waals surface area contributed by atoms with Crippen LogP contribution >= 0.6 is 23.5 Å². The van der Waals surface area contributed by atoms with E-state index in [9.17, 15) is 9.59 Å². The highest BCUT2D eigenvalue weighted by molar-refractivity contribution is 8.15. The molecule has 0 N–H and O–H groups in total. The van der Waals surface area contributed by atoms with Gasteiger partial charge < -0.3 is 9.47 Å². The molecule has 15 heavy (non-hydrogen) atoms. The predicted molar refractivity (Wildman–Crippen MR) is 63.0 cm³/mol. The lowest BCUT2D eigenvalue weighted by atomic mass is 10.5. The van der Waals surface area contributed by atoms with Crippen molar-refractivity contribution in [3.8, 4) is 0 Å². The second-order valence-electron chi connectivity index (χ2n) is 2.59. The van der Waals surface area contributed by atoms with Gasteiger partial charge in [-0.25, -0.2) is 0 Å². The maximum Gasteiger partial charge on any atom is 0.306 e. The van der Waals surface area contributed by atoms with E-state index in [1.165, 1.54) is 14.2 Å². The predicted octanol–water partition coefficient (Wildman–Crippen LogP) is 1.54. The van der Waals surface area contributed by atoms with Crippen molar-refractivity contribution in [2.45, 2.75) is 12.8 Å². The van der Waals surface area contributed by atoms with Gasteiger partial charge in [-0.15, -0.1) is 0 Å². The average molecular weight is 252 g/mol. The molecule has 0 heterocycles. The van der Waals surface area contributed by atoms with Crippen LogP contribution in [0.1, 0.15) is 12.8 Å². The van der Waals surface area contributed by atoms with E-state index in [0.717, 1.165) is 16.6 Å². The Labute approximate surface area is 98.5 Å². The normalized spacial score (nSPS) is 9.73. The van der Waals surface area contributed by atoms with Crippen LogP contribution in [0.3, 0.4) is 0 Å². The summed E-state index contributed by atoms with van der Waals surface area (Å²) in [6.07, 6.45) is 0.886. The Morgan fingerprint density at radius 2 is 1.33 bits per heavy atom. The van der Waals surface area contributed by atoms with Gasteiger partial charge in [0.2, 0.25) is 0 Å². The molecule has 0 radical (unpaired) electrons. The summed E-state index contributed by atoms with van der Waals surface area (Å²) in [5.41, 5.74) is 0. The SMILES string of the molecule is COC(=O)CCSCSCCC(=O)OC. The largest absolute Gasteiger partial charge is 0.469 e. The lowest BCUT2D eigenvalue weighted by Crippen LogP contribution is -2.02. The molecule has 0 saturated carbocycles. The minimum atomic E-state index is -0.179. The fourth-order valence-electron chi connectivity index (χ4n) is 0.692. The van der Waals surface area contributed by atoms with Crippen molar-refractivity contribution in [1.82, 2.24) is 0 Å². The van der Waals surface area contributed by atoms with E-state index in [0.29, 0.717) is 12.8 Å². The summed E-state index contributed by atoms with van der Waals surface area (Å²) in [6, 6.07) is 0. The monoisotopic (exact) mass is 252 g/mol. The standard InChI is InChI=1S/C9H16O4S2/c1-12-8(10)3-5-14-7-15-6-4-9(11)13-2/h3-7H2,1-2H3. The zero-order chi connectivity index (χ0) is 11.5. The van der Waals surface area contributed by atoms with Gasteiger partial charge in [-0.05, 0) is 0 Å². The Hall–Kier alpha value is -0.360. The van der Waals surface area contributed by atoms with Crippen molar-refractivity contribution in [3.05, 3.63) is 0 Å². The van der Waals surface area contributed by atoms with Crippen molar-refractivity contribution in [2.75, 3.05) is 30.8 Å². The molecule has 0 aliphatic heterocycles. The number of rotatable bonds is 8. The molecule has 0 rings (SSSR count). The van der Waals surface area contributed by atoms with Crippen LogP contribution in [0.25, 0.3) is 0 Å². The Kier molecular flexibility index (Phi) is 9.92. The third-order valence-corrected chi connectivity index (χ3v) is 3.84. The van der Waals surface area contributed by atoms with Gasteiger partial charge in [0.25, 0.3) is 0 Å². The van der Waals surface area contributed by atoms with Gasteiger partial charge in [0.15, 0.2) is 0 Å². The number of ether oxygens (including phenoxy) is 2. The van der Waals surface area contributed by atoms with Crippen molar-refractivity contribution in [2.24, 2.45) is 0 Å². The molecule has 0 fully saturated rings. The van der Waals surface area contributed by atoms with Gasteiger partial charge in [0.1, 0.15) is 0 Å². The molecule has 0 atom stereocenters. The maximum absolute atomic E-state index is 10.7. The topological polar surface area (TPSA) is 52.6 Å². The molecule has 0 aromatic carbocycles. The van der Waals surface area contributed by atoms with Gasteiger partial charge >= 0.3 is 11.9 Å². The first kappa shape index (κ1) is 14.6. The number of carbonyl (C=O) groups is 2. The minimum absolute atomic E-state index is 0.179. The van der Waals surface area contributed by atoms with Crippen LogP contribution in [-0.2, 0) is 19.1 Å². The van der Waals surface area contributed by atoms with Crippen LogP contribution in [0.5, 0.6) is 0 Å². The number of methoxy groups -OCH3 is 2. The highest BCUT2D eigenvalue weighted by Crippen LogP contribution is 2.14. The second kappa shape index (κ2) is 10.2. The molecule has 0 aromatic rings. The zero-order valence-corrected chi connectivity index (χ0v) is 10.6. The third-order valence-electron chi connectivity index (χ3n) is 1.52. The number of thioether (sulfide) groups is 2. The first-order chi connectivity index (χ1) is 7.20. The molecule has 88 valence electrons. The average Bonchev–Trinajstić information content (AvgIpc) is 2.26. The Morgan fingerprint density at radius 3 is 1.67 bits per heavy atom. The van der Waals surface area contributed by atoms with Crippen molar-refractivity contribution in [1.29, 1.82) is 0 Å². The number of hydrogen-bond donors (Lipinski definition) is 0. The van der Waals surface area contributed by atoms with Crippen molar-refractivity contribution >= 4 is 35.5 Å². The van der Waals surface area contributed by atoms with Crippen molar-refractivity contribution < 1.29 is 19.1 Å². The molecule has 0 amide bonds. The first-order valence-electron chi connectivity index (χ1n) is 4.49. The summed E-state index contributed by atoms with van der Waals surface area (Å²) in [6.45, 7) is 0. The number of carbonyl (C=O) groups excluding carboxylic acids is 2. The van der Waals surface area contributed by atoms with Crippen LogP contribution in [-0.4, -0.2) is 42.7 Å². The second-order valence-corrected chi connectivity index (χ2v) is 5.16. The van der Waals surface area contributed by atoms with Gasteiger partial charge in [-0.3, -0.25) is 9.59 Å². The molecular weight excluding hydrogens is 236 g/mol.